The number of ether oxygens (including phenoxy) is 2. The molecule has 0 aliphatic rings. The summed E-state index contributed by atoms with van der Waals surface area (Å²) in [4.78, 5) is 14.8. The Balaban J connectivity index is 3.45. The molecule has 0 aliphatic heterocycles. The Morgan fingerprint density at radius 1 is 1.50 bits per heavy atom. The van der Waals surface area contributed by atoms with Gasteiger partial charge in [-0.15, -0.1) is 0 Å². The molecule has 0 fully saturated rings. The Bertz CT molecular complexity index is 412. The molecule has 0 bridgehead atoms. The Hall–Kier alpha value is -1.24. The molecule has 0 radical (unpaired) electrons. The normalized spacial score (nSPS) is 10.4. The molecule has 1 rings (SSSR count). The Morgan fingerprint density at radius 3 is 2.56 bits per heavy atom. The van der Waals surface area contributed by atoms with Crippen LogP contribution in [-0.2, 0) is 4.74 Å². The van der Waals surface area contributed by atoms with Gasteiger partial charge in [0.2, 0.25) is 0 Å². The summed E-state index contributed by atoms with van der Waals surface area (Å²) in [6, 6.07) is 0. The lowest BCUT2D eigenvalue weighted by Gasteiger charge is -2.12. The summed E-state index contributed by atoms with van der Waals surface area (Å²) in [5.74, 6) is -1.05. The molecule has 0 N–H and O–H groups in total. The van der Waals surface area contributed by atoms with Gasteiger partial charge < -0.3 is 9.47 Å². The Morgan fingerprint density at radius 2 is 2.12 bits per heavy atom. The number of nitrogens with zero attached hydrogens (tertiary/aromatic N) is 1. The van der Waals surface area contributed by atoms with E-state index in [-0.39, 0.29) is 10.2 Å². The quantitative estimate of drug-likeness (QED) is 0.804. The molecule has 1 heterocycles. The fourth-order valence-corrected chi connectivity index (χ4v) is 1.63. The first kappa shape index (κ1) is 12.8. The summed E-state index contributed by atoms with van der Waals surface area (Å²) < 4.78 is 35.0. The second-order valence-corrected chi connectivity index (χ2v) is 3.55. The van der Waals surface area contributed by atoms with E-state index in [1.807, 2.05) is 0 Å². The van der Waals surface area contributed by atoms with Crippen molar-refractivity contribution in [1.82, 2.24) is 4.98 Å². The molecule has 7 heteroatoms. The first-order valence-electron chi connectivity index (χ1n) is 4.11. The van der Waals surface area contributed by atoms with Gasteiger partial charge in [0.15, 0.2) is 5.69 Å². The topological polar surface area (TPSA) is 48.4 Å². The average Bonchev–Trinajstić information content (AvgIpc) is 2.27. The lowest BCUT2D eigenvalue weighted by molar-refractivity contribution is 0.0580. The second-order valence-electron chi connectivity index (χ2n) is 2.69. The maximum absolute atomic E-state index is 12.8. The first-order chi connectivity index (χ1) is 7.52. The largest absolute Gasteiger partial charge is 0.495 e. The van der Waals surface area contributed by atoms with E-state index in [2.05, 4.69) is 25.7 Å². The number of hydrogen-bond acceptors (Lipinski definition) is 4. The molecule has 0 unspecified atom stereocenters. The van der Waals surface area contributed by atoms with Crippen molar-refractivity contribution in [2.24, 2.45) is 0 Å². The van der Waals surface area contributed by atoms with Crippen LogP contribution in [0.3, 0.4) is 0 Å². The lowest BCUT2D eigenvalue weighted by atomic mass is 10.2. The van der Waals surface area contributed by atoms with Gasteiger partial charge in [0.25, 0.3) is 6.43 Å². The van der Waals surface area contributed by atoms with Gasteiger partial charge in [-0.25, -0.2) is 18.6 Å². The van der Waals surface area contributed by atoms with Gasteiger partial charge in [-0.2, -0.15) is 0 Å². The third-order valence-electron chi connectivity index (χ3n) is 1.82. The predicted molar refractivity (Wildman–Crippen MR) is 54.8 cm³/mol. The van der Waals surface area contributed by atoms with Gasteiger partial charge in [-0.3, -0.25) is 0 Å². The minimum Gasteiger partial charge on any atom is -0.495 e. The van der Waals surface area contributed by atoms with Crippen LogP contribution < -0.4 is 4.74 Å². The minimum atomic E-state index is -2.88. The van der Waals surface area contributed by atoms with E-state index in [0.29, 0.717) is 0 Å². The highest BCUT2D eigenvalue weighted by atomic mass is 79.9. The number of carbonyl (C=O) groups is 1. The van der Waals surface area contributed by atoms with E-state index < -0.39 is 23.7 Å². The Labute approximate surface area is 98.7 Å². The van der Waals surface area contributed by atoms with Gasteiger partial charge in [0.1, 0.15) is 5.75 Å². The van der Waals surface area contributed by atoms with Crippen LogP contribution in [-0.4, -0.2) is 25.2 Å². The van der Waals surface area contributed by atoms with Crippen molar-refractivity contribution in [2.75, 3.05) is 14.2 Å². The molecule has 0 saturated heterocycles. The third-order valence-corrected chi connectivity index (χ3v) is 2.39. The SMILES string of the molecule is COC(=O)c1ncc(Br)c(OC)c1C(F)F. The van der Waals surface area contributed by atoms with Crippen molar-refractivity contribution < 1.29 is 23.0 Å². The summed E-state index contributed by atoms with van der Waals surface area (Å²) in [6.45, 7) is 0. The molecular weight excluding hydrogens is 288 g/mol. The minimum absolute atomic E-state index is 0.120. The number of alkyl halides is 2. The average molecular weight is 296 g/mol. The van der Waals surface area contributed by atoms with Crippen LogP contribution in [0.2, 0.25) is 0 Å². The molecule has 0 atom stereocenters. The lowest BCUT2D eigenvalue weighted by Crippen LogP contribution is -2.10. The molecule has 0 aromatic carbocycles. The van der Waals surface area contributed by atoms with Gasteiger partial charge in [-0.1, -0.05) is 0 Å². The standard InChI is InChI=1S/C9H8BrF2NO3/c1-15-7-4(10)3-13-6(9(14)16-2)5(7)8(11)12/h3,8H,1-2H3. The van der Waals surface area contributed by atoms with Crippen LogP contribution in [0.1, 0.15) is 22.5 Å². The van der Waals surface area contributed by atoms with Crippen LogP contribution in [0.5, 0.6) is 5.75 Å². The van der Waals surface area contributed by atoms with E-state index >= 15 is 0 Å². The third kappa shape index (κ3) is 2.29. The number of halogens is 3. The summed E-state index contributed by atoms with van der Waals surface area (Å²) in [7, 11) is 2.32. The van der Waals surface area contributed by atoms with Crippen LogP contribution in [0.15, 0.2) is 10.7 Å². The van der Waals surface area contributed by atoms with Crippen LogP contribution in [0, 0.1) is 0 Å². The zero-order valence-corrected chi connectivity index (χ0v) is 10.0. The van der Waals surface area contributed by atoms with Crippen molar-refractivity contribution in [3.8, 4) is 5.75 Å². The molecule has 0 spiro atoms. The summed E-state index contributed by atoms with van der Waals surface area (Å²) >= 11 is 3.01. The van der Waals surface area contributed by atoms with E-state index in [4.69, 9.17) is 4.74 Å². The molecule has 0 amide bonds. The van der Waals surface area contributed by atoms with E-state index in [0.717, 1.165) is 7.11 Å². The first-order valence-corrected chi connectivity index (χ1v) is 4.91. The monoisotopic (exact) mass is 295 g/mol. The molecule has 1 aromatic rings. The van der Waals surface area contributed by atoms with Crippen molar-refractivity contribution in [3.05, 3.63) is 21.9 Å². The fourth-order valence-electron chi connectivity index (χ4n) is 1.15. The summed E-state index contributed by atoms with van der Waals surface area (Å²) in [5.41, 5.74) is -1.03. The van der Waals surface area contributed by atoms with Crippen LogP contribution >= 0.6 is 15.9 Å². The molecule has 88 valence electrons. The van der Waals surface area contributed by atoms with Crippen molar-refractivity contribution in [3.63, 3.8) is 0 Å². The highest BCUT2D eigenvalue weighted by Crippen LogP contribution is 2.36. The number of methoxy groups -OCH3 is 2. The van der Waals surface area contributed by atoms with Gasteiger partial charge >= 0.3 is 5.97 Å². The van der Waals surface area contributed by atoms with E-state index in [1.54, 1.807) is 0 Å². The van der Waals surface area contributed by atoms with Crippen LogP contribution in [0.4, 0.5) is 8.78 Å². The smallest absolute Gasteiger partial charge is 0.357 e. The maximum Gasteiger partial charge on any atom is 0.357 e. The van der Waals surface area contributed by atoms with E-state index in [1.165, 1.54) is 13.3 Å². The summed E-state index contributed by atoms with van der Waals surface area (Å²) in [6.07, 6.45) is -1.68. The van der Waals surface area contributed by atoms with Gasteiger partial charge in [0.05, 0.1) is 24.3 Å². The predicted octanol–water partition coefficient (Wildman–Crippen LogP) is 2.58. The number of aromatic nitrogens is 1. The number of rotatable bonds is 3. The number of esters is 1. The van der Waals surface area contributed by atoms with E-state index in [9.17, 15) is 13.6 Å². The zero-order chi connectivity index (χ0) is 12.3. The number of hydrogen-bond donors (Lipinski definition) is 0. The molecular formula is C9H8BrF2NO3. The Kier molecular flexibility index (Phi) is 4.17. The molecule has 1 aromatic heterocycles. The van der Waals surface area contributed by atoms with Gasteiger partial charge in [0, 0.05) is 6.20 Å². The summed E-state index contributed by atoms with van der Waals surface area (Å²) in [5, 5.41) is 0. The van der Waals surface area contributed by atoms with Crippen molar-refractivity contribution >= 4 is 21.9 Å². The highest BCUT2D eigenvalue weighted by Gasteiger charge is 2.26. The zero-order valence-electron chi connectivity index (χ0n) is 8.46. The molecule has 16 heavy (non-hydrogen) atoms. The van der Waals surface area contributed by atoms with Crippen molar-refractivity contribution in [1.29, 1.82) is 0 Å². The second kappa shape index (κ2) is 5.20. The fraction of sp³-hybridized carbons (Fsp3) is 0.333. The molecule has 0 aliphatic carbocycles. The van der Waals surface area contributed by atoms with Crippen LogP contribution in [0.25, 0.3) is 0 Å². The van der Waals surface area contributed by atoms with Crippen molar-refractivity contribution in [2.45, 2.75) is 6.43 Å². The number of carbonyl (C=O) groups excluding carboxylic acids is 1. The van der Waals surface area contributed by atoms with Gasteiger partial charge in [-0.05, 0) is 15.9 Å². The molecule has 0 saturated carbocycles. The maximum atomic E-state index is 12.8. The molecule has 4 nitrogen and oxygen atoms in total. The number of pyridine rings is 1. The highest BCUT2D eigenvalue weighted by molar-refractivity contribution is 9.10.